The fraction of sp³-hybridized carbons (Fsp3) is 0.136. The summed E-state index contributed by atoms with van der Waals surface area (Å²) in [5.74, 6) is 0.0104. The minimum absolute atomic E-state index is 0.0491. The summed E-state index contributed by atoms with van der Waals surface area (Å²) in [7, 11) is 2.83. The van der Waals surface area contributed by atoms with Gasteiger partial charge in [-0.05, 0) is 41.5 Å². The van der Waals surface area contributed by atoms with Crippen molar-refractivity contribution in [3.8, 4) is 34.1 Å². The number of alkyl halides is 3. The minimum atomic E-state index is -4.40. The molecule has 4 rings (SSSR count). The van der Waals surface area contributed by atoms with Crippen LogP contribution in [0.2, 0.25) is 0 Å². The van der Waals surface area contributed by atoms with Crippen LogP contribution in [-0.4, -0.2) is 19.2 Å². The number of hydrogen-bond donors (Lipinski definition) is 0. The van der Waals surface area contributed by atoms with Gasteiger partial charge in [-0.3, -0.25) is 0 Å². The van der Waals surface area contributed by atoms with E-state index >= 15 is 0 Å². The van der Waals surface area contributed by atoms with Crippen LogP contribution in [-0.2, 0) is 6.18 Å². The lowest BCUT2D eigenvalue weighted by molar-refractivity contribution is -0.137. The van der Waals surface area contributed by atoms with Crippen LogP contribution in [0.15, 0.2) is 59.0 Å². The highest BCUT2D eigenvalue weighted by molar-refractivity contribution is 5.82. The molecule has 0 spiro atoms. The maximum Gasteiger partial charge on any atom is 0.416 e. The van der Waals surface area contributed by atoms with Crippen molar-refractivity contribution >= 4 is 11.1 Å². The molecule has 0 saturated heterocycles. The van der Waals surface area contributed by atoms with E-state index in [0.717, 1.165) is 12.1 Å². The van der Waals surface area contributed by atoms with Gasteiger partial charge in [-0.25, -0.2) is 9.37 Å². The Bertz CT molecular complexity index is 1210. The average Bonchev–Trinajstić information content (AvgIpc) is 3.16. The number of ether oxygens (including phenoxy) is 2. The van der Waals surface area contributed by atoms with Crippen LogP contribution in [0, 0.1) is 5.82 Å². The van der Waals surface area contributed by atoms with E-state index in [1.54, 1.807) is 18.2 Å². The molecule has 8 heteroatoms. The van der Waals surface area contributed by atoms with Crippen LogP contribution in [0.25, 0.3) is 33.7 Å². The highest BCUT2D eigenvalue weighted by Gasteiger charge is 2.30. The minimum Gasteiger partial charge on any atom is -0.493 e. The lowest BCUT2D eigenvalue weighted by Crippen LogP contribution is -2.03. The first kappa shape index (κ1) is 19.8. The first-order valence-corrected chi connectivity index (χ1v) is 8.80. The zero-order valence-corrected chi connectivity index (χ0v) is 15.9. The molecule has 0 aliphatic heterocycles. The van der Waals surface area contributed by atoms with Crippen molar-refractivity contribution in [3.05, 3.63) is 66.0 Å². The quantitative estimate of drug-likeness (QED) is 0.364. The third kappa shape index (κ3) is 3.56. The average molecular weight is 417 g/mol. The number of nitrogens with zero attached hydrogens (tertiary/aromatic N) is 1. The van der Waals surface area contributed by atoms with Gasteiger partial charge >= 0.3 is 6.18 Å². The van der Waals surface area contributed by atoms with Crippen LogP contribution in [0.4, 0.5) is 17.6 Å². The smallest absolute Gasteiger partial charge is 0.416 e. The van der Waals surface area contributed by atoms with Crippen LogP contribution in [0.5, 0.6) is 11.5 Å². The van der Waals surface area contributed by atoms with Gasteiger partial charge < -0.3 is 13.9 Å². The molecule has 0 aliphatic carbocycles. The van der Waals surface area contributed by atoms with Crippen molar-refractivity contribution in [2.75, 3.05) is 14.2 Å². The van der Waals surface area contributed by atoms with Gasteiger partial charge in [-0.15, -0.1) is 0 Å². The summed E-state index contributed by atoms with van der Waals surface area (Å²) in [4.78, 5) is 4.30. The first-order chi connectivity index (χ1) is 14.3. The van der Waals surface area contributed by atoms with Gasteiger partial charge in [0.1, 0.15) is 11.3 Å². The lowest BCUT2D eigenvalue weighted by Gasteiger charge is -2.09. The Balaban J connectivity index is 1.73. The number of hydrogen-bond acceptors (Lipinski definition) is 4. The van der Waals surface area contributed by atoms with Crippen molar-refractivity contribution in [2.24, 2.45) is 0 Å². The van der Waals surface area contributed by atoms with Gasteiger partial charge in [0, 0.05) is 6.07 Å². The number of rotatable bonds is 4. The molecule has 0 N–H and O–H groups in total. The Morgan fingerprint density at radius 2 is 1.47 bits per heavy atom. The summed E-state index contributed by atoms with van der Waals surface area (Å²) in [6, 6.07) is 12.4. The molecule has 0 atom stereocenters. The van der Waals surface area contributed by atoms with Crippen molar-refractivity contribution in [3.63, 3.8) is 0 Å². The molecule has 1 aromatic heterocycles. The number of fused-ring (bicyclic) bond motifs is 1. The molecule has 0 amide bonds. The Morgan fingerprint density at radius 3 is 2.10 bits per heavy atom. The number of oxazole rings is 1. The molecule has 1 heterocycles. The molecule has 0 fully saturated rings. The predicted molar refractivity (Wildman–Crippen MR) is 103 cm³/mol. The number of halogens is 4. The molecule has 0 aliphatic rings. The molecule has 0 unspecified atom stereocenters. The van der Waals surface area contributed by atoms with E-state index in [-0.39, 0.29) is 17.2 Å². The number of benzene rings is 3. The van der Waals surface area contributed by atoms with Gasteiger partial charge in [0.2, 0.25) is 5.89 Å². The van der Waals surface area contributed by atoms with Gasteiger partial charge in [0.15, 0.2) is 17.1 Å². The second kappa shape index (κ2) is 7.37. The summed E-state index contributed by atoms with van der Waals surface area (Å²) >= 11 is 0. The van der Waals surface area contributed by atoms with Crippen LogP contribution < -0.4 is 9.47 Å². The summed E-state index contributed by atoms with van der Waals surface area (Å²) in [6.07, 6.45) is -4.40. The van der Waals surface area contributed by atoms with Gasteiger partial charge in [0.25, 0.3) is 0 Å². The SMILES string of the molecule is COc1cc(F)c(-c2nc3ccc(-c4ccc(C(F)(F)F)cc4)cc3o2)cc1OC. The second-order valence-electron chi connectivity index (χ2n) is 6.46. The topological polar surface area (TPSA) is 44.5 Å². The standard InChI is InChI=1S/C22H15F4NO3/c1-28-19-10-15(16(23)11-20(19)29-2)21-27-17-8-5-13(9-18(17)30-21)12-3-6-14(7-4-12)22(24,25)26/h3-11H,1-2H3. The molecule has 3 aromatic carbocycles. The van der Waals surface area contributed by atoms with Crippen molar-refractivity contribution in [1.29, 1.82) is 0 Å². The van der Waals surface area contributed by atoms with Crippen LogP contribution in [0.1, 0.15) is 5.56 Å². The largest absolute Gasteiger partial charge is 0.493 e. The normalized spacial score (nSPS) is 11.7. The van der Waals surface area contributed by atoms with Crippen molar-refractivity contribution < 1.29 is 31.5 Å². The molecule has 154 valence electrons. The van der Waals surface area contributed by atoms with E-state index in [9.17, 15) is 17.6 Å². The lowest BCUT2D eigenvalue weighted by atomic mass is 10.0. The van der Waals surface area contributed by atoms with Gasteiger partial charge in [-0.1, -0.05) is 18.2 Å². The first-order valence-electron chi connectivity index (χ1n) is 8.80. The van der Waals surface area contributed by atoms with Gasteiger partial charge in [0.05, 0.1) is 25.3 Å². The Hall–Kier alpha value is -3.55. The highest BCUT2D eigenvalue weighted by atomic mass is 19.4. The summed E-state index contributed by atoms with van der Waals surface area (Å²) in [5.41, 5.74) is 1.46. The summed E-state index contributed by atoms with van der Waals surface area (Å²) in [6.45, 7) is 0. The Morgan fingerprint density at radius 1 is 0.833 bits per heavy atom. The Kier molecular flexibility index (Phi) is 4.85. The summed E-state index contributed by atoms with van der Waals surface area (Å²) < 4.78 is 68.8. The van der Waals surface area contributed by atoms with Crippen LogP contribution in [0.3, 0.4) is 0 Å². The maximum absolute atomic E-state index is 14.5. The molecule has 30 heavy (non-hydrogen) atoms. The van der Waals surface area contributed by atoms with E-state index < -0.39 is 17.6 Å². The molecule has 0 saturated carbocycles. The highest BCUT2D eigenvalue weighted by Crippen LogP contribution is 2.36. The van der Waals surface area contributed by atoms with E-state index in [0.29, 0.717) is 28.0 Å². The van der Waals surface area contributed by atoms with Crippen LogP contribution >= 0.6 is 0 Å². The predicted octanol–water partition coefficient (Wildman–Crippen LogP) is 6.34. The third-order valence-electron chi connectivity index (χ3n) is 4.64. The maximum atomic E-state index is 14.5. The number of aromatic nitrogens is 1. The number of methoxy groups -OCH3 is 2. The fourth-order valence-electron chi connectivity index (χ4n) is 3.09. The summed E-state index contributed by atoms with van der Waals surface area (Å²) in [5, 5.41) is 0. The molecular formula is C22H15F4NO3. The van der Waals surface area contributed by atoms with E-state index in [4.69, 9.17) is 13.9 Å². The zero-order valence-electron chi connectivity index (χ0n) is 15.9. The van der Waals surface area contributed by atoms with Crippen molar-refractivity contribution in [1.82, 2.24) is 4.98 Å². The second-order valence-corrected chi connectivity index (χ2v) is 6.46. The molecule has 0 bridgehead atoms. The Labute approximate surface area is 168 Å². The van der Waals surface area contributed by atoms with E-state index in [1.807, 2.05) is 0 Å². The fourth-order valence-corrected chi connectivity index (χ4v) is 3.09. The molecule has 4 aromatic rings. The molecule has 0 radical (unpaired) electrons. The monoisotopic (exact) mass is 417 g/mol. The molecular weight excluding hydrogens is 402 g/mol. The van der Waals surface area contributed by atoms with Gasteiger partial charge in [-0.2, -0.15) is 13.2 Å². The third-order valence-corrected chi connectivity index (χ3v) is 4.64. The van der Waals surface area contributed by atoms with E-state index in [2.05, 4.69) is 4.98 Å². The molecule has 4 nitrogen and oxygen atoms in total. The van der Waals surface area contributed by atoms with Crippen molar-refractivity contribution in [2.45, 2.75) is 6.18 Å². The van der Waals surface area contributed by atoms with E-state index in [1.165, 1.54) is 38.5 Å². The zero-order chi connectivity index (χ0) is 21.5.